The van der Waals surface area contributed by atoms with E-state index in [1.165, 1.54) is 24.0 Å². The molecule has 2 aromatic rings. The molecule has 2 heterocycles. The quantitative estimate of drug-likeness (QED) is 0.845. The number of aryl methyl sites for hydroxylation is 3. The summed E-state index contributed by atoms with van der Waals surface area (Å²) in [6, 6.07) is 8.05. The van der Waals surface area contributed by atoms with Gasteiger partial charge < -0.3 is 9.64 Å². The van der Waals surface area contributed by atoms with Crippen LogP contribution in [0.15, 0.2) is 30.5 Å². The van der Waals surface area contributed by atoms with Crippen LogP contribution in [0, 0.1) is 6.92 Å². The van der Waals surface area contributed by atoms with Crippen molar-refractivity contribution in [3.05, 3.63) is 58.7 Å². The second-order valence-corrected chi connectivity index (χ2v) is 6.86. The Labute approximate surface area is 148 Å². The number of hydrogen-bond donors (Lipinski definition) is 0. The molecule has 5 heteroatoms. The minimum absolute atomic E-state index is 0.0781. The number of aromatic nitrogens is 2. The van der Waals surface area contributed by atoms with E-state index in [9.17, 15) is 4.79 Å². The lowest BCUT2D eigenvalue weighted by atomic mass is 9.90. The molecule has 1 fully saturated rings. The minimum atomic E-state index is -0.254. The largest absolute Gasteiger partial charge is 0.367 e. The lowest BCUT2D eigenvalue weighted by molar-refractivity contribution is -0.0268. The first kappa shape index (κ1) is 16.2. The summed E-state index contributed by atoms with van der Waals surface area (Å²) in [5.74, 6) is 0.734. The number of benzene rings is 1. The van der Waals surface area contributed by atoms with E-state index in [-0.39, 0.29) is 12.0 Å². The first-order chi connectivity index (χ1) is 12.2. The molecule has 1 aliphatic carbocycles. The predicted molar refractivity (Wildman–Crippen MR) is 94.4 cm³/mol. The van der Waals surface area contributed by atoms with Gasteiger partial charge in [0, 0.05) is 24.0 Å². The fourth-order valence-electron chi connectivity index (χ4n) is 3.66. The molecule has 1 amide bonds. The molecule has 2 aliphatic rings. The van der Waals surface area contributed by atoms with E-state index < -0.39 is 0 Å². The summed E-state index contributed by atoms with van der Waals surface area (Å²) in [7, 11) is 0. The Morgan fingerprint density at radius 2 is 2.04 bits per heavy atom. The van der Waals surface area contributed by atoms with Crippen molar-refractivity contribution in [2.75, 3.05) is 19.7 Å². The first-order valence-electron chi connectivity index (χ1n) is 9.03. The normalized spacial score (nSPS) is 20.2. The van der Waals surface area contributed by atoms with Crippen molar-refractivity contribution in [3.8, 4) is 0 Å². The van der Waals surface area contributed by atoms with Gasteiger partial charge in [-0.3, -0.25) is 4.79 Å². The number of ether oxygens (including phenoxy) is 1. The average molecular weight is 337 g/mol. The van der Waals surface area contributed by atoms with Crippen molar-refractivity contribution in [1.82, 2.24) is 14.9 Å². The summed E-state index contributed by atoms with van der Waals surface area (Å²) in [6.07, 6.45) is 6.17. The monoisotopic (exact) mass is 337 g/mol. The summed E-state index contributed by atoms with van der Waals surface area (Å²) in [5.41, 5.74) is 4.43. The van der Waals surface area contributed by atoms with E-state index in [0.717, 1.165) is 24.1 Å². The molecular formula is C20H23N3O2. The van der Waals surface area contributed by atoms with Gasteiger partial charge in [-0.05, 0) is 61.9 Å². The van der Waals surface area contributed by atoms with Crippen molar-refractivity contribution >= 4 is 5.91 Å². The summed E-state index contributed by atoms with van der Waals surface area (Å²) >= 11 is 0. The SMILES string of the molecule is Cc1ccnc([C@@H]2CN(C(=O)c3ccc4c(c3)CCCC4)CCO2)n1. The highest BCUT2D eigenvalue weighted by Gasteiger charge is 2.28. The highest BCUT2D eigenvalue weighted by Crippen LogP contribution is 2.25. The third kappa shape index (κ3) is 3.42. The Morgan fingerprint density at radius 3 is 2.88 bits per heavy atom. The fraction of sp³-hybridized carbons (Fsp3) is 0.450. The number of morpholine rings is 1. The molecule has 0 bridgehead atoms. The van der Waals surface area contributed by atoms with Gasteiger partial charge in [0.25, 0.3) is 5.91 Å². The maximum atomic E-state index is 13.0. The standard InChI is InChI=1S/C20H23N3O2/c1-14-8-9-21-19(22-14)18-13-23(10-11-25-18)20(24)17-7-6-15-4-2-3-5-16(15)12-17/h6-9,12,18H,2-5,10-11,13H2,1H3/t18-/m0/s1. The van der Waals surface area contributed by atoms with Crippen molar-refractivity contribution in [3.63, 3.8) is 0 Å². The topological polar surface area (TPSA) is 55.3 Å². The fourth-order valence-corrected chi connectivity index (χ4v) is 3.66. The van der Waals surface area contributed by atoms with Gasteiger partial charge in [0.05, 0.1) is 13.2 Å². The smallest absolute Gasteiger partial charge is 0.254 e. The molecule has 1 aromatic carbocycles. The maximum absolute atomic E-state index is 13.0. The van der Waals surface area contributed by atoms with E-state index in [4.69, 9.17) is 4.74 Å². The third-order valence-corrected chi connectivity index (χ3v) is 5.05. The molecule has 5 nitrogen and oxygen atoms in total. The Bertz CT molecular complexity index is 790. The molecule has 0 unspecified atom stereocenters. The minimum Gasteiger partial charge on any atom is -0.367 e. The van der Waals surface area contributed by atoms with Gasteiger partial charge in [-0.25, -0.2) is 9.97 Å². The highest BCUT2D eigenvalue weighted by molar-refractivity contribution is 5.94. The summed E-state index contributed by atoms with van der Waals surface area (Å²) in [6.45, 7) is 3.56. The van der Waals surface area contributed by atoms with E-state index in [1.54, 1.807) is 6.20 Å². The molecule has 1 aromatic heterocycles. The molecule has 4 rings (SSSR count). The number of carbonyl (C=O) groups excluding carboxylic acids is 1. The van der Waals surface area contributed by atoms with Gasteiger partial charge in [0.15, 0.2) is 5.82 Å². The van der Waals surface area contributed by atoms with Crippen LogP contribution in [-0.4, -0.2) is 40.5 Å². The number of nitrogens with zero attached hydrogens (tertiary/aromatic N) is 3. The molecule has 0 spiro atoms. The van der Waals surface area contributed by atoms with Crippen LogP contribution in [0.5, 0.6) is 0 Å². The molecule has 1 atom stereocenters. The molecule has 0 radical (unpaired) electrons. The lowest BCUT2D eigenvalue weighted by Gasteiger charge is -2.32. The van der Waals surface area contributed by atoms with Gasteiger partial charge in [-0.2, -0.15) is 0 Å². The van der Waals surface area contributed by atoms with Crippen LogP contribution in [0.3, 0.4) is 0 Å². The molecule has 25 heavy (non-hydrogen) atoms. The zero-order chi connectivity index (χ0) is 17.2. The molecule has 1 saturated heterocycles. The molecule has 0 N–H and O–H groups in total. The van der Waals surface area contributed by atoms with Crippen LogP contribution in [0.2, 0.25) is 0 Å². The van der Waals surface area contributed by atoms with E-state index in [0.29, 0.717) is 25.5 Å². The van der Waals surface area contributed by atoms with Gasteiger partial charge >= 0.3 is 0 Å². The van der Waals surface area contributed by atoms with Crippen molar-refractivity contribution in [2.24, 2.45) is 0 Å². The summed E-state index contributed by atoms with van der Waals surface area (Å²) in [4.78, 5) is 23.6. The Morgan fingerprint density at radius 1 is 1.20 bits per heavy atom. The van der Waals surface area contributed by atoms with E-state index in [1.807, 2.05) is 24.0 Å². The van der Waals surface area contributed by atoms with E-state index in [2.05, 4.69) is 22.1 Å². The molecule has 130 valence electrons. The van der Waals surface area contributed by atoms with Crippen molar-refractivity contribution < 1.29 is 9.53 Å². The van der Waals surface area contributed by atoms with Gasteiger partial charge in [0.2, 0.25) is 0 Å². The van der Waals surface area contributed by atoms with E-state index >= 15 is 0 Å². The molecular weight excluding hydrogens is 314 g/mol. The van der Waals surface area contributed by atoms with Crippen LogP contribution in [-0.2, 0) is 17.6 Å². The first-order valence-corrected chi connectivity index (χ1v) is 9.03. The zero-order valence-corrected chi connectivity index (χ0v) is 14.6. The van der Waals surface area contributed by atoms with Crippen LogP contribution < -0.4 is 0 Å². The second-order valence-electron chi connectivity index (χ2n) is 6.86. The third-order valence-electron chi connectivity index (χ3n) is 5.05. The predicted octanol–water partition coefficient (Wildman–Crippen LogP) is 2.88. The van der Waals surface area contributed by atoms with Gasteiger partial charge in [-0.15, -0.1) is 0 Å². The number of hydrogen-bond acceptors (Lipinski definition) is 4. The van der Waals surface area contributed by atoms with Crippen LogP contribution in [0.25, 0.3) is 0 Å². The highest BCUT2D eigenvalue weighted by atomic mass is 16.5. The Balaban J connectivity index is 1.52. The zero-order valence-electron chi connectivity index (χ0n) is 14.6. The van der Waals surface area contributed by atoms with Gasteiger partial charge in [0.1, 0.15) is 6.10 Å². The molecule has 1 aliphatic heterocycles. The van der Waals surface area contributed by atoms with Crippen LogP contribution >= 0.6 is 0 Å². The second kappa shape index (κ2) is 6.92. The average Bonchev–Trinajstić information content (AvgIpc) is 2.67. The number of rotatable bonds is 2. The number of carbonyl (C=O) groups is 1. The van der Waals surface area contributed by atoms with Crippen molar-refractivity contribution in [2.45, 2.75) is 38.7 Å². The Kier molecular flexibility index (Phi) is 4.49. The van der Waals surface area contributed by atoms with Crippen molar-refractivity contribution in [1.29, 1.82) is 0 Å². The summed E-state index contributed by atoms with van der Waals surface area (Å²) < 4.78 is 5.81. The number of amides is 1. The van der Waals surface area contributed by atoms with Crippen LogP contribution in [0.1, 0.15) is 51.9 Å². The summed E-state index contributed by atoms with van der Waals surface area (Å²) in [5, 5.41) is 0. The van der Waals surface area contributed by atoms with Gasteiger partial charge in [-0.1, -0.05) is 6.07 Å². The number of fused-ring (bicyclic) bond motifs is 1. The maximum Gasteiger partial charge on any atom is 0.254 e. The van der Waals surface area contributed by atoms with Crippen LogP contribution in [0.4, 0.5) is 0 Å². The Hall–Kier alpha value is -2.27. The lowest BCUT2D eigenvalue weighted by Crippen LogP contribution is -2.42. The molecule has 0 saturated carbocycles.